The molecule has 0 N–H and O–H groups in total. The van der Waals surface area contributed by atoms with Crippen molar-refractivity contribution < 1.29 is 33.3 Å². The Labute approximate surface area is 640 Å². The number of nitrogens with zero attached hydrogens (tertiary/aromatic N) is 8. The number of hydrogen-bond donors (Lipinski definition) is 0. The number of Topliss-reactive ketones (excluding diaryl/α,β-unsaturated/α-hetero) is 2. The lowest BCUT2D eigenvalue weighted by Gasteiger charge is -2.37. The number of carbonyl (C=O) groups excluding carboxylic acids is 2. The molecular weight excluding hydrogens is 1320 g/mol. The molecule has 11 rings (SSSR count). The van der Waals surface area contributed by atoms with Crippen LogP contribution in [0.2, 0.25) is 0 Å². The van der Waals surface area contributed by atoms with Crippen LogP contribution in [-0.4, -0.2) is 166 Å². The second kappa shape index (κ2) is 49.6. The predicted molar refractivity (Wildman–Crippen MR) is 430 cm³/mol. The third-order valence-corrected chi connectivity index (χ3v) is 22.3. The molecule has 0 bridgehead atoms. The van der Waals surface area contributed by atoms with Gasteiger partial charge in [-0.15, -0.1) is 0 Å². The van der Waals surface area contributed by atoms with E-state index >= 15 is 0 Å². The Kier molecular flexibility index (Phi) is 40.2. The van der Waals surface area contributed by atoms with Crippen LogP contribution in [0.1, 0.15) is 234 Å². The molecule has 6 fully saturated rings. The molecule has 6 unspecified atom stereocenters. The number of piperidine rings is 5. The topological polar surface area (TPSA) is 168 Å². The molecule has 578 valence electrons. The van der Waals surface area contributed by atoms with E-state index in [0.29, 0.717) is 41.0 Å². The number of nitriles is 3. The smallest absolute Gasteiger partial charge is 0.165 e. The van der Waals surface area contributed by atoms with Crippen LogP contribution in [0.3, 0.4) is 0 Å². The standard InChI is InChI=1S/C20H29NO2.2C18H26N2O.C18H27NO2.C17H24N2O/c22-20(17-7-2-3-8-17)18-9-11-19(12-10-18)23-16-6-15-21-13-4-1-5-14-21;2*1-3-16-6-5-15(2)20(14-16)11-4-12-21-18-9-7-17(13-19)8-10-18;1-3-18(20)16-5-7-17(8-6-16)21-14-4-11-19-12-9-15(2)10-13-19;1-14-10-15(2)13-19(12-14)8-3-9-20-17-6-4-16(11-18)5-7-17/h9-12,17H,1-8,13-16H2;2*7-10,15-16H,3-6,11-12,14H2,1-2H3;5-8,15H,3-4,9-14H2,1-2H3;4-7,14-15H,3,8-10,12-13H2,1-2H3. The molecule has 15 heteroatoms. The van der Waals surface area contributed by atoms with Gasteiger partial charge in [0.2, 0.25) is 0 Å². The van der Waals surface area contributed by atoms with Gasteiger partial charge in [0.25, 0.3) is 0 Å². The van der Waals surface area contributed by atoms with E-state index in [4.69, 9.17) is 39.5 Å². The number of likely N-dealkylation sites (tertiary alicyclic amines) is 5. The third-order valence-electron chi connectivity index (χ3n) is 22.3. The summed E-state index contributed by atoms with van der Waals surface area (Å²) in [6.07, 6.45) is 26.5. The fraction of sp³-hybridized carbons (Fsp3) is 0.615. The van der Waals surface area contributed by atoms with Crippen molar-refractivity contribution in [3.05, 3.63) is 149 Å². The number of rotatable bonds is 31. The molecule has 5 heterocycles. The summed E-state index contributed by atoms with van der Waals surface area (Å²) < 4.78 is 28.8. The molecule has 5 aromatic carbocycles. The molecule has 5 aromatic rings. The van der Waals surface area contributed by atoms with E-state index < -0.39 is 0 Å². The van der Waals surface area contributed by atoms with Crippen LogP contribution in [0.15, 0.2) is 121 Å². The Morgan fingerprint density at radius 3 is 1.09 bits per heavy atom. The lowest BCUT2D eigenvalue weighted by atomic mass is 9.91. The molecule has 15 nitrogen and oxygen atoms in total. The summed E-state index contributed by atoms with van der Waals surface area (Å²) in [7, 11) is 0. The minimum absolute atomic E-state index is 0.181. The van der Waals surface area contributed by atoms with Gasteiger partial charge in [-0.2, -0.15) is 15.8 Å². The molecule has 1 aliphatic carbocycles. The lowest BCUT2D eigenvalue weighted by molar-refractivity contribution is 0.0922. The molecule has 6 aliphatic rings. The van der Waals surface area contributed by atoms with Gasteiger partial charge < -0.3 is 48.2 Å². The van der Waals surface area contributed by atoms with Gasteiger partial charge >= 0.3 is 0 Å². The van der Waals surface area contributed by atoms with E-state index in [1.807, 2.05) is 91.9 Å². The summed E-state index contributed by atoms with van der Waals surface area (Å²) in [4.78, 5) is 36.7. The average molecular weight is 1450 g/mol. The first-order valence-corrected chi connectivity index (χ1v) is 41.2. The molecule has 0 radical (unpaired) electrons. The number of carbonyl (C=O) groups is 2. The maximum absolute atomic E-state index is 12.3. The van der Waals surface area contributed by atoms with Gasteiger partial charge in [0.05, 0.1) is 67.9 Å². The normalized spacial score (nSPS) is 21.0. The van der Waals surface area contributed by atoms with E-state index in [2.05, 4.69) is 91.2 Å². The zero-order valence-corrected chi connectivity index (χ0v) is 66.4. The predicted octanol–water partition coefficient (Wildman–Crippen LogP) is 19.1. The SMILES string of the molecule is CC1CC(C)CN(CCCOc2ccc(C#N)cc2)C1.CCC(=O)c1ccc(OCCCN2CCC(C)CC2)cc1.CCC1CCC(C)N(CCCOc2ccc(C#N)cc2)C1.CCC1CCC(C)N(CCCOc2ccc(C#N)cc2)C1.O=C(c1ccc(OCCCN2CCCCC2)cc1)C1CCCC1. The van der Waals surface area contributed by atoms with Gasteiger partial charge in [-0.25, -0.2) is 0 Å². The second-order valence-electron chi connectivity index (χ2n) is 31.1. The Bertz CT molecular complexity index is 3230. The van der Waals surface area contributed by atoms with Crippen LogP contribution < -0.4 is 23.7 Å². The molecule has 0 aromatic heterocycles. The Balaban J connectivity index is 0.000000185. The Hall–Kier alpha value is -7.29. The zero-order chi connectivity index (χ0) is 75.5. The fourth-order valence-electron chi connectivity index (χ4n) is 15.6. The first-order valence-electron chi connectivity index (χ1n) is 41.2. The van der Waals surface area contributed by atoms with Crippen LogP contribution >= 0.6 is 0 Å². The maximum atomic E-state index is 12.3. The molecule has 106 heavy (non-hydrogen) atoms. The lowest BCUT2D eigenvalue weighted by Crippen LogP contribution is -2.42. The van der Waals surface area contributed by atoms with E-state index in [0.717, 1.165) is 180 Å². The van der Waals surface area contributed by atoms with Crippen molar-refractivity contribution in [1.82, 2.24) is 24.5 Å². The molecule has 1 saturated carbocycles. The van der Waals surface area contributed by atoms with Gasteiger partial charge in [-0.1, -0.05) is 73.6 Å². The van der Waals surface area contributed by atoms with Crippen molar-refractivity contribution in [3.8, 4) is 47.0 Å². The molecule has 5 saturated heterocycles. The van der Waals surface area contributed by atoms with E-state index in [-0.39, 0.29) is 11.7 Å². The van der Waals surface area contributed by atoms with Crippen molar-refractivity contribution >= 4 is 11.6 Å². The summed E-state index contributed by atoms with van der Waals surface area (Å²) in [6, 6.07) is 45.0. The highest BCUT2D eigenvalue weighted by Gasteiger charge is 2.27. The number of benzene rings is 5. The van der Waals surface area contributed by atoms with E-state index in [1.165, 1.54) is 142 Å². The van der Waals surface area contributed by atoms with Crippen molar-refractivity contribution in [2.75, 3.05) is 118 Å². The summed E-state index contributed by atoms with van der Waals surface area (Å²) >= 11 is 0. The fourth-order valence-corrected chi connectivity index (χ4v) is 15.6. The minimum Gasteiger partial charge on any atom is -0.494 e. The van der Waals surface area contributed by atoms with Crippen molar-refractivity contribution in [1.29, 1.82) is 15.8 Å². The van der Waals surface area contributed by atoms with Crippen LogP contribution in [0, 0.1) is 69.5 Å². The van der Waals surface area contributed by atoms with Crippen molar-refractivity contribution in [2.45, 2.75) is 209 Å². The summed E-state index contributed by atoms with van der Waals surface area (Å²) in [5.74, 6) is 9.33. The van der Waals surface area contributed by atoms with Crippen LogP contribution in [0.5, 0.6) is 28.7 Å². The van der Waals surface area contributed by atoms with Crippen molar-refractivity contribution in [2.24, 2.45) is 35.5 Å². The number of ketones is 2. The Morgan fingerprint density at radius 2 is 0.726 bits per heavy atom. The summed E-state index contributed by atoms with van der Waals surface area (Å²) in [5.41, 5.74) is 3.64. The highest BCUT2D eigenvalue weighted by atomic mass is 16.5. The largest absolute Gasteiger partial charge is 0.494 e. The highest BCUT2D eigenvalue weighted by Crippen LogP contribution is 2.30. The van der Waals surface area contributed by atoms with Gasteiger partial charge in [0, 0.05) is 94.5 Å². The minimum atomic E-state index is 0.181. The van der Waals surface area contributed by atoms with Gasteiger partial charge in [0.15, 0.2) is 11.6 Å². The summed E-state index contributed by atoms with van der Waals surface area (Å²) in [5, 5.41) is 26.2. The van der Waals surface area contributed by atoms with E-state index in [1.54, 1.807) is 36.4 Å². The maximum Gasteiger partial charge on any atom is 0.165 e. The average Bonchev–Trinajstić information content (AvgIpc) is 1.44. The second-order valence-corrected chi connectivity index (χ2v) is 31.1. The van der Waals surface area contributed by atoms with Gasteiger partial charge in [0.1, 0.15) is 28.7 Å². The monoisotopic (exact) mass is 1450 g/mol. The van der Waals surface area contributed by atoms with E-state index in [9.17, 15) is 9.59 Å². The molecule has 0 amide bonds. The molecule has 6 atom stereocenters. The summed E-state index contributed by atoms with van der Waals surface area (Å²) in [6.45, 7) is 37.4. The van der Waals surface area contributed by atoms with Gasteiger partial charge in [-0.3, -0.25) is 9.59 Å². The van der Waals surface area contributed by atoms with Crippen LogP contribution in [0.4, 0.5) is 0 Å². The molecule has 0 spiro atoms. The quantitative estimate of drug-likeness (QED) is 0.0303. The number of hydrogen-bond acceptors (Lipinski definition) is 15. The van der Waals surface area contributed by atoms with Crippen LogP contribution in [-0.2, 0) is 0 Å². The first-order chi connectivity index (χ1) is 51.6. The van der Waals surface area contributed by atoms with Crippen molar-refractivity contribution in [3.63, 3.8) is 0 Å². The zero-order valence-electron chi connectivity index (χ0n) is 66.4. The Morgan fingerprint density at radius 1 is 0.377 bits per heavy atom. The number of ether oxygens (including phenoxy) is 5. The highest BCUT2D eigenvalue weighted by molar-refractivity contribution is 5.98. The van der Waals surface area contributed by atoms with Gasteiger partial charge in [-0.05, 0) is 294 Å². The first kappa shape index (κ1) is 86.0. The van der Waals surface area contributed by atoms with Crippen LogP contribution in [0.25, 0.3) is 0 Å². The molecular formula is C91H132N8O7. The molecule has 5 aliphatic heterocycles. The third kappa shape index (κ3) is 32.7.